The number of carbonyl (C=O) groups excluding carboxylic acids is 1. The van der Waals surface area contributed by atoms with Crippen LogP contribution in [-0.4, -0.2) is 46.2 Å². The molecular formula is C27H31N5O4. The van der Waals surface area contributed by atoms with Crippen molar-refractivity contribution in [1.29, 1.82) is 0 Å². The molecule has 1 N–H and O–H groups in total. The number of hydrogen-bond acceptors (Lipinski definition) is 6. The Bertz CT molecular complexity index is 1440. The lowest BCUT2D eigenvalue weighted by atomic mass is 10.1. The van der Waals surface area contributed by atoms with Crippen LogP contribution in [0.5, 0.6) is 11.5 Å². The van der Waals surface area contributed by atoms with Crippen LogP contribution >= 0.6 is 0 Å². The number of fused-ring (bicyclic) bond motifs is 1. The highest BCUT2D eigenvalue weighted by molar-refractivity contribution is 5.84. The van der Waals surface area contributed by atoms with Gasteiger partial charge in [0.15, 0.2) is 0 Å². The molecule has 1 unspecified atom stereocenters. The largest absolute Gasteiger partial charge is 0.497 e. The summed E-state index contributed by atoms with van der Waals surface area (Å²) in [7, 11) is 3.20. The monoisotopic (exact) mass is 489 g/mol. The number of nitrogens with zero attached hydrogens (tertiary/aromatic N) is 4. The Morgan fingerprint density at radius 1 is 1.06 bits per heavy atom. The first-order valence-corrected chi connectivity index (χ1v) is 11.9. The molecule has 0 bridgehead atoms. The number of ether oxygens (including phenoxy) is 2. The molecule has 0 saturated carbocycles. The summed E-state index contributed by atoms with van der Waals surface area (Å²) in [6.45, 7) is 5.92. The van der Waals surface area contributed by atoms with Crippen molar-refractivity contribution in [2.45, 2.75) is 39.7 Å². The van der Waals surface area contributed by atoms with Crippen molar-refractivity contribution in [3.63, 3.8) is 0 Å². The molecule has 0 aliphatic heterocycles. The smallest absolute Gasteiger partial charge is 0.278 e. The third kappa shape index (κ3) is 4.68. The number of hydrogen-bond donors (Lipinski definition) is 1. The number of aromatic nitrogens is 4. The summed E-state index contributed by atoms with van der Waals surface area (Å²) in [5, 5.41) is 12.6. The van der Waals surface area contributed by atoms with E-state index in [4.69, 9.17) is 9.47 Å². The van der Waals surface area contributed by atoms with E-state index < -0.39 is 6.04 Å². The second-order valence-electron chi connectivity index (χ2n) is 8.53. The zero-order chi connectivity index (χ0) is 25.8. The number of benzene rings is 2. The Morgan fingerprint density at radius 3 is 2.47 bits per heavy atom. The SMILES string of the molecule is CCC(C(=O)NCCc1ccc(OC)cc1OC)n1nc(C)c2nn(-c3ccccc3)c(C)c2c1=O. The van der Waals surface area contributed by atoms with E-state index in [1.54, 1.807) is 25.8 Å². The van der Waals surface area contributed by atoms with Gasteiger partial charge in [-0.3, -0.25) is 9.59 Å². The number of amides is 1. The topological polar surface area (TPSA) is 100 Å². The molecule has 0 radical (unpaired) electrons. The first-order chi connectivity index (χ1) is 17.4. The van der Waals surface area contributed by atoms with Crippen LogP contribution in [0.15, 0.2) is 53.3 Å². The van der Waals surface area contributed by atoms with Crippen LogP contribution in [0.25, 0.3) is 16.6 Å². The fourth-order valence-corrected chi connectivity index (χ4v) is 4.38. The van der Waals surface area contributed by atoms with Crippen LogP contribution in [0.4, 0.5) is 0 Å². The minimum Gasteiger partial charge on any atom is -0.497 e. The average Bonchev–Trinajstić information content (AvgIpc) is 3.25. The Labute approximate surface area is 209 Å². The Kier molecular flexibility index (Phi) is 7.38. The molecule has 2 aromatic heterocycles. The summed E-state index contributed by atoms with van der Waals surface area (Å²) in [5.41, 5.74) is 3.32. The maximum absolute atomic E-state index is 13.5. The third-order valence-corrected chi connectivity index (χ3v) is 6.31. The third-order valence-electron chi connectivity index (χ3n) is 6.31. The molecule has 2 aromatic carbocycles. The zero-order valence-corrected chi connectivity index (χ0v) is 21.2. The lowest BCUT2D eigenvalue weighted by Crippen LogP contribution is -2.39. The van der Waals surface area contributed by atoms with Gasteiger partial charge in [-0.2, -0.15) is 10.2 Å². The van der Waals surface area contributed by atoms with E-state index in [1.807, 2.05) is 62.4 Å². The number of aryl methyl sites for hydroxylation is 2. The van der Waals surface area contributed by atoms with E-state index in [9.17, 15) is 9.59 Å². The minimum absolute atomic E-state index is 0.258. The van der Waals surface area contributed by atoms with Gasteiger partial charge in [0.25, 0.3) is 5.56 Å². The van der Waals surface area contributed by atoms with E-state index in [-0.39, 0.29) is 11.5 Å². The maximum Gasteiger partial charge on any atom is 0.278 e. The van der Waals surface area contributed by atoms with Gasteiger partial charge in [-0.15, -0.1) is 0 Å². The van der Waals surface area contributed by atoms with Gasteiger partial charge in [0.05, 0.1) is 36.7 Å². The van der Waals surface area contributed by atoms with Crippen LogP contribution in [-0.2, 0) is 11.2 Å². The summed E-state index contributed by atoms with van der Waals surface area (Å²) in [5.74, 6) is 1.14. The summed E-state index contributed by atoms with van der Waals surface area (Å²) in [4.78, 5) is 26.7. The van der Waals surface area contributed by atoms with Gasteiger partial charge in [-0.1, -0.05) is 31.2 Å². The molecule has 0 aliphatic carbocycles. The number of rotatable bonds is 9. The molecule has 0 aliphatic rings. The molecule has 0 saturated heterocycles. The second-order valence-corrected chi connectivity index (χ2v) is 8.53. The van der Waals surface area contributed by atoms with Crippen LogP contribution < -0.4 is 20.3 Å². The molecule has 9 nitrogen and oxygen atoms in total. The summed E-state index contributed by atoms with van der Waals surface area (Å²) < 4.78 is 13.7. The maximum atomic E-state index is 13.5. The van der Waals surface area contributed by atoms with Crippen LogP contribution in [0.2, 0.25) is 0 Å². The highest BCUT2D eigenvalue weighted by Gasteiger charge is 2.25. The standard InChI is InChI=1S/C27H31N5O4/c1-6-22(26(33)28-15-14-19-12-13-21(35-4)16-23(19)36-5)32-27(34)24-18(3)31(20-10-8-7-9-11-20)30-25(24)17(2)29-32/h7-13,16,22H,6,14-15H2,1-5H3,(H,28,33). The van der Waals surface area contributed by atoms with Gasteiger partial charge in [-0.05, 0) is 50.5 Å². The van der Waals surface area contributed by atoms with E-state index in [0.717, 1.165) is 11.3 Å². The predicted molar refractivity (Wildman–Crippen MR) is 138 cm³/mol. The first-order valence-electron chi connectivity index (χ1n) is 11.9. The van der Waals surface area contributed by atoms with Crippen molar-refractivity contribution in [1.82, 2.24) is 24.9 Å². The Balaban J connectivity index is 1.59. The van der Waals surface area contributed by atoms with Gasteiger partial charge in [-0.25, -0.2) is 9.36 Å². The van der Waals surface area contributed by atoms with E-state index in [1.165, 1.54) is 4.68 Å². The van der Waals surface area contributed by atoms with Crippen LogP contribution in [0, 0.1) is 13.8 Å². The van der Waals surface area contributed by atoms with Crippen LogP contribution in [0.3, 0.4) is 0 Å². The molecule has 4 rings (SSSR count). The summed E-state index contributed by atoms with van der Waals surface area (Å²) in [6, 6.07) is 14.5. The molecule has 36 heavy (non-hydrogen) atoms. The normalized spacial score (nSPS) is 11.9. The van der Waals surface area contributed by atoms with Gasteiger partial charge >= 0.3 is 0 Å². The van der Waals surface area contributed by atoms with Crippen molar-refractivity contribution in [2.75, 3.05) is 20.8 Å². The predicted octanol–water partition coefficient (Wildman–Crippen LogP) is 3.53. The molecule has 1 amide bonds. The van der Waals surface area contributed by atoms with Crippen molar-refractivity contribution < 1.29 is 14.3 Å². The molecule has 0 spiro atoms. The van der Waals surface area contributed by atoms with Gasteiger partial charge in [0.2, 0.25) is 5.91 Å². The second kappa shape index (κ2) is 10.6. The van der Waals surface area contributed by atoms with Gasteiger partial charge in [0.1, 0.15) is 23.1 Å². The lowest BCUT2D eigenvalue weighted by Gasteiger charge is -2.18. The molecular weight excluding hydrogens is 458 g/mol. The first kappa shape index (κ1) is 25.0. The van der Waals surface area contributed by atoms with Gasteiger partial charge < -0.3 is 14.8 Å². The van der Waals surface area contributed by atoms with E-state index >= 15 is 0 Å². The Hall–Kier alpha value is -4.14. The highest BCUT2D eigenvalue weighted by Crippen LogP contribution is 2.25. The molecule has 188 valence electrons. The molecule has 4 aromatic rings. The molecule has 0 fully saturated rings. The fourth-order valence-electron chi connectivity index (χ4n) is 4.38. The number of methoxy groups -OCH3 is 2. The number of para-hydroxylation sites is 1. The zero-order valence-electron chi connectivity index (χ0n) is 21.2. The van der Waals surface area contributed by atoms with Crippen molar-refractivity contribution in [3.8, 4) is 17.2 Å². The Morgan fingerprint density at radius 2 is 1.81 bits per heavy atom. The van der Waals surface area contributed by atoms with Crippen molar-refractivity contribution >= 4 is 16.8 Å². The van der Waals surface area contributed by atoms with Crippen molar-refractivity contribution in [3.05, 3.63) is 75.8 Å². The number of carbonyl (C=O) groups is 1. The fraction of sp³-hybridized carbons (Fsp3) is 0.333. The summed E-state index contributed by atoms with van der Waals surface area (Å²) >= 11 is 0. The molecule has 9 heteroatoms. The lowest BCUT2D eigenvalue weighted by molar-refractivity contribution is -0.124. The van der Waals surface area contributed by atoms with Crippen molar-refractivity contribution in [2.24, 2.45) is 0 Å². The van der Waals surface area contributed by atoms with Crippen LogP contribution in [0.1, 0.15) is 36.3 Å². The number of nitrogens with one attached hydrogen (secondary N) is 1. The molecule has 1 atom stereocenters. The summed E-state index contributed by atoms with van der Waals surface area (Å²) in [6.07, 6.45) is 0.986. The average molecular weight is 490 g/mol. The molecule has 2 heterocycles. The van der Waals surface area contributed by atoms with E-state index in [0.29, 0.717) is 53.2 Å². The van der Waals surface area contributed by atoms with E-state index in [2.05, 4.69) is 15.5 Å². The van der Waals surface area contributed by atoms with Gasteiger partial charge in [0, 0.05) is 12.6 Å². The quantitative estimate of drug-likeness (QED) is 0.386. The highest BCUT2D eigenvalue weighted by atomic mass is 16.5. The minimum atomic E-state index is -0.738.